The maximum absolute atomic E-state index is 5.18. The van der Waals surface area contributed by atoms with E-state index in [1.807, 2.05) is 0 Å². The fourth-order valence-electron chi connectivity index (χ4n) is 0.131. The van der Waals surface area contributed by atoms with E-state index in [1.54, 1.807) is 12.3 Å². The minimum absolute atomic E-state index is 0.481. The van der Waals surface area contributed by atoms with Crippen molar-refractivity contribution in [2.45, 2.75) is 0 Å². The van der Waals surface area contributed by atoms with Crippen LogP contribution in [0.2, 0.25) is 0 Å². The van der Waals surface area contributed by atoms with Gasteiger partial charge in [0.2, 0.25) is 0 Å². The lowest BCUT2D eigenvalue weighted by molar-refractivity contribution is 1.39. The van der Waals surface area contributed by atoms with Crippen molar-refractivity contribution in [2.75, 3.05) is 6.26 Å². The number of allylic oxidation sites excluding steroid dienone is 1. The molecule has 0 aromatic rings. The highest BCUT2D eigenvalue weighted by atomic mass is 32.1. The molecule has 52 valence electrons. The van der Waals surface area contributed by atoms with Gasteiger partial charge in [0, 0.05) is 5.70 Å². The summed E-state index contributed by atoms with van der Waals surface area (Å²) in [6.45, 7) is 10.4. The van der Waals surface area contributed by atoms with Crippen LogP contribution in [-0.4, -0.2) is 6.26 Å². The van der Waals surface area contributed by atoms with E-state index in [2.05, 4.69) is 32.4 Å². The molecule has 0 rings (SSSR count). The Bertz CT molecular complexity index is 116. The van der Waals surface area contributed by atoms with Crippen molar-refractivity contribution < 1.29 is 0 Å². The van der Waals surface area contributed by atoms with E-state index >= 15 is 0 Å². The molecule has 0 amide bonds. The summed E-state index contributed by atoms with van der Waals surface area (Å²) in [6.07, 6.45) is 3.27. The Labute approximate surface area is 62.4 Å². The van der Waals surface area contributed by atoms with Gasteiger partial charge in [-0.05, 0) is 11.8 Å². The first-order valence-corrected chi connectivity index (χ1v) is 3.28. The Hall–Kier alpha value is -0.630. The van der Waals surface area contributed by atoms with E-state index in [-0.39, 0.29) is 0 Å². The summed E-state index contributed by atoms with van der Waals surface area (Å²) in [5, 5.41) is 0. The molecule has 2 N–H and O–H groups in total. The molecule has 0 fully saturated rings. The molecular formula is C7H13NS. The zero-order valence-electron chi connectivity index (χ0n) is 5.72. The van der Waals surface area contributed by atoms with E-state index in [4.69, 9.17) is 5.73 Å². The van der Waals surface area contributed by atoms with Crippen LogP contribution in [0.1, 0.15) is 0 Å². The normalized spacial score (nSPS) is 6.44. The Morgan fingerprint density at radius 3 is 1.78 bits per heavy atom. The Kier molecular flexibility index (Phi) is 9.18. The molecule has 0 atom stereocenters. The molecule has 9 heavy (non-hydrogen) atoms. The monoisotopic (exact) mass is 143 g/mol. The van der Waals surface area contributed by atoms with Gasteiger partial charge in [0.15, 0.2) is 0 Å². The van der Waals surface area contributed by atoms with Gasteiger partial charge in [0.1, 0.15) is 0 Å². The molecule has 0 saturated carbocycles. The van der Waals surface area contributed by atoms with Gasteiger partial charge >= 0.3 is 0 Å². The summed E-state index contributed by atoms with van der Waals surface area (Å²) in [4.78, 5) is 0. The van der Waals surface area contributed by atoms with Gasteiger partial charge in [-0.15, -0.1) is 0 Å². The fourth-order valence-corrected chi connectivity index (χ4v) is 0.131. The molecule has 0 aliphatic rings. The molecule has 0 aromatic heterocycles. The lowest BCUT2D eigenvalue weighted by Crippen LogP contribution is -1.94. The molecule has 0 aliphatic heterocycles. The van der Waals surface area contributed by atoms with Crippen molar-refractivity contribution in [3.63, 3.8) is 0 Å². The van der Waals surface area contributed by atoms with Crippen LogP contribution in [0.3, 0.4) is 0 Å². The average molecular weight is 143 g/mol. The Balaban J connectivity index is 0. The van der Waals surface area contributed by atoms with Crippen LogP contribution < -0.4 is 5.73 Å². The van der Waals surface area contributed by atoms with Crippen molar-refractivity contribution in [2.24, 2.45) is 5.73 Å². The molecule has 0 unspecified atom stereocenters. The third-order valence-electron chi connectivity index (χ3n) is 0.659. The summed E-state index contributed by atoms with van der Waals surface area (Å²) in [6, 6.07) is 0. The Morgan fingerprint density at radius 2 is 1.78 bits per heavy atom. The minimum atomic E-state index is 0.481. The molecule has 0 spiro atoms. The maximum Gasteiger partial charge on any atom is 0.0308 e. The van der Waals surface area contributed by atoms with Crippen molar-refractivity contribution in [3.05, 3.63) is 37.1 Å². The van der Waals surface area contributed by atoms with Gasteiger partial charge in [-0.3, -0.25) is 0 Å². The predicted molar refractivity (Wildman–Crippen MR) is 47.6 cm³/mol. The molecular weight excluding hydrogens is 130 g/mol. The molecule has 0 heterocycles. The number of hydrogen-bond acceptors (Lipinski definition) is 2. The average Bonchev–Trinajstić information content (AvgIpc) is 1.91. The van der Waals surface area contributed by atoms with Crippen molar-refractivity contribution in [1.29, 1.82) is 0 Å². The smallest absolute Gasteiger partial charge is 0.0308 e. The van der Waals surface area contributed by atoms with E-state index in [9.17, 15) is 0 Å². The van der Waals surface area contributed by atoms with Crippen LogP contribution in [0.25, 0.3) is 0 Å². The standard InChI is InChI=1S/C6H9N.CH4S/c1-4-5(2)6(3)7;1-2/h4H,1-3,7H2;2H,1H3. The summed E-state index contributed by atoms with van der Waals surface area (Å²) in [7, 11) is 0. The lowest BCUT2D eigenvalue weighted by atomic mass is 10.2. The first kappa shape index (κ1) is 11.2. The fraction of sp³-hybridized carbons (Fsp3) is 0.143. The second-order valence-corrected chi connectivity index (χ2v) is 1.25. The summed E-state index contributed by atoms with van der Waals surface area (Å²) >= 11 is 3.53. The van der Waals surface area contributed by atoms with Crippen LogP contribution in [0.15, 0.2) is 37.1 Å². The van der Waals surface area contributed by atoms with Gasteiger partial charge in [-0.25, -0.2) is 0 Å². The van der Waals surface area contributed by atoms with Crippen LogP contribution >= 0.6 is 12.6 Å². The van der Waals surface area contributed by atoms with Crippen molar-refractivity contribution in [1.82, 2.24) is 0 Å². The van der Waals surface area contributed by atoms with Gasteiger partial charge in [-0.1, -0.05) is 25.8 Å². The molecule has 0 aromatic carbocycles. The van der Waals surface area contributed by atoms with Crippen molar-refractivity contribution >= 4 is 12.6 Å². The second kappa shape index (κ2) is 7.37. The van der Waals surface area contributed by atoms with Crippen LogP contribution in [0.5, 0.6) is 0 Å². The number of nitrogens with two attached hydrogens (primary N) is 1. The largest absolute Gasteiger partial charge is 0.399 e. The Morgan fingerprint density at radius 1 is 1.44 bits per heavy atom. The zero-order valence-corrected chi connectivity index (χ0v) is 6.62. The molecule has 2 heteroatoms. The first-order valence-electron chi connectivity index (χ1n) is 2.39. The summed E-state index contributed by atoms with van der Waals surface area (Å²) in [5.41, 5.74) is 6.36. The van der Waals surface area contributed by atoms with Gasteiger partial charge in [0.05, 0.1) is 0 Å². The van der Waals surface area contributed by atoms with Crippen LogP contribution in [0.4, 0.5) is 0 Å². The van der Waals surface area contributed by atoms with Gasteiger partial charge in [-0.2, -0.15) is 12.6 Å². The van der Waals surface area contributed by atoms with Gasteiger partial charge < -0.3 is 5.73 Å². The third kappa shape index (κ3) is 7.37. The lowest BCUT2D eigenvalue weighted by Gasteiger charge is -1.91. The predicted octanol–water partition coefficient (Wildman–Crippen LogP) is 1.75. The molecule has 0 radical (unpaired) electrons. The first-order chi connectivity index (χ1) is 4.18. The molecule has 0 bridgehead atoms. The number of rotatable bonds is 2. The van der Waals surface area contributed by atoms with E-state index in [1.165, 1.54) is 0 Å². The van der Waals surface area contributed by atoms with Crippen LogP contribution in [0, 0.1) is 0 Å². The van der Waals surface area contributed by atoms with E-state index in [0.717, 1.165) is 0 Å². The van der Waals surface area contributed by atoms with Gasteiger partial charge in [0.25, 0.3) is 0 Å². The number of hydrogen-bond donors (Lipinski definition) is 2. The molecule has 0 aliphatic carbocycles. The SMILES string of the molecule is C=CC(=C)C(=C)N.CS. The summed E-state index contributed by atoms with van der Waals surface area (Å²) in [5.74, 6) is 0. The zero-order chi connectivity index (χ0) is 7.86. The second-order valence-electron chi connectivity index (χ2n) is 1.25. The highest BCUT2D eigenvalue weighted by molar-refractivity contribution is 7.79. The molecule has 1 nitrogen and oxygen atoms in total. The highest BCUT2D eigenvalue weighted by Gasteiger charge is 1.81. The van der Waals surface area contributed by atoms with E-state index < -0.39 is 0 Å². The maximum atomic E-state index is 5.18. The molecule has 0 saturated heterocycles. The topological polar surface area (TPSA) is 26.0 Å². The number of thiol groups is 1. The summed E-state index contributed by atoms with van der Waals surface area (Å²) < 4.78 is 0. The minimum Gasteiger partial charge on any atom is -0.399 e. The highest BCUT2D eigenvalue weighted by Crippen LogP contribution is 1.95. The van der Waals surface area contributed by atoms with E-state index in [0.29, 0.717) is 11.3 Å². The van der Waals surface area contributed by atoms with Crippen molar-refractivity contribution in [3.8, 4) is 0 Å². The third-order valence-corrected chi connectivity index (χ3v) is 0.659. The quantitative estimate of drug-likeness (QED) is 0.447. The van der Waals surface area contributed by atoms with Crippen LogP contribution in [-0.2, 0) is 0 Å².